The number of nitrogens with zero attached hydrogens (tertiary/aromatic N) is 3. The van der Waals surface area contributed by atoms with E-state index in [1.54, 1.807) is 0 Å². The second-order valence-corrected chi connectivity index (χ2v) is 5.44. The average molecular weight is 300 g/mol. The SMILES string of the molecule is Cc1nc(Br)cc(N(C)C2CCCCC2O)n1. The van der Waals surface area contributed by atoms with Gasteiger partial charge in [0.05, 0.1) is 12.1 Å². The summed E-state index contributed by atoms with van der Waals surface area (Å²) in [6.07, 6.45) is 3.97. The van der Waals surface area contributed by atoms with Crippen LogP contribution in [0.5, 0.6) is 0 Å². The zero-order chi connectivity index (χ0) is 12.4. The van der Waals surface area contributed by atoms with Gasteiger partial charge < -0.3 is 10.0 Å². The van der Waals surface area contributed by atoms with Crippen LogP contribution in [0, 0.1) is 6.92 Å². The molecule has 0 spiro atoms. The van der Waals surface area contributed by atoms with Gasteiger partial charge in [-0.25, -0.2) is 9.97 Å². The molecule has 1 fully saturated rings. The average Bonchev–Trinajstić information content (AvgIpc) is 2.27. The number of aryl methyl sites for hydroxylation is 1. The van der Waals surface area contributed by atoms with Gasteiger partial charge in [-0.2, -0.15) is 0 Å². The summed E-state index contributed by atoms with van der Waals surface area (Å²) in [4.78, 5) is 10.7. The van der Waals surface area contributed by atoms with Crippen LogP contribution < -0.4 is 4.90 Å². The molecule has 94 valence electrons. The Morgan fingerprint density at radius 1 is 1.35 bits per heavy atom. The van der Waals surface area contributed by atoms with Crippen molar-refractivity contribution >= 4 is 21.7 Å². The summed E-state index contributed by atoms with van der Waals surface area (Å²) in [5, 5.41) is 10.0. The van der Waals surface area contributed by atoms with Crippen LogP contribution in [0.3, 0.4) is 0 Å². The predicted octanol–water partition coefficient (Wildman–Crippen LogP) is 2.29. The largest absolute Gasteiger partial charge is 0.391 e. The minimum absolute atomic E-state index is 0.171. The molecular weight excluding hydrogens is 282 g/mol. The topological polar surface area (TPSA) is 49.2 Å². The van der Waals surface area contributed by atoms with E-state index in [1.807, 2.05) is 20.0 Å². The lowest BCUT2D eigenvalue weighted by Gasteiger charge is -2.35. The van der Waals surface area contributed by atoms with E-state index < -0.39 is 0 Å². The second kappa shape index (κ2) is 5.31. The van der Waals surface area contributed by atoms with Crippen LogP contribution in [0.1, 0.15) is 31.5 Å². The highest BCUT2D eigenvalue weighted by Crippen LogP contribution is 2.26. The number of halogens is 1. The molecule has 0 saturated heterocycles. The lowest BCUT2D eigenvalue weighted by Crippen LogP contribution is -2.43. The minimum atomic E-state index is -0.247. The van der Waals surface area contributed by atoms with Crippen LogP contribution in [-0.2, 0) is 0 Å². The van der Waals surface area contributed by atoms with Crippen molar-refractivity contribution in [1.29, 1.82) is 0 Å². The normalized spacial score (nSPS) is 24.7. The molecule has 1 heterocycles. The Hall–Kier alpha value is -0.680. The van der Waals surface area contributed by atoms with Crippen LogP contribution in [0.25, 0.3) is 0 Å². The van der Waals surface area contributed by atoms with Gasteiger partial charge in [0.1, 0.15) is 16.2 Å². The highest BCUT2D eigenvalue weighted by atomic mass is 79.9. The van der Waals surface area contributed by atoms with Crippen molar-refractivity contribution in [3.8, 4) is 0 Å². The highest BCUT2D eigenvalue weighted by Gasteiger charge is 2.27. The van der Waals surface area contributed by atoms with Gasteiger partial charge in [-0.15, -0.1) is 0 Å². The monoisotopic (exact) mass is 299 g/mol. The molecule has 1 aliphatic rings. The molecule has 0 aliphatic heterocycles. The summed E-state index contributed by atoms with van der Waals surface area (Å²) < 4.78 is 0.789. The van der Waals surface area contributed by atoms with E-state index in [2.05, 4.69) is 30.8 Å². The fraction of sp³-hybridized carbons (Fsp3) is 0.667. The molecule has 0 radical (unpaired) electrons. The Balaban J connectivity index is 2.20. The molecule has 0 bridgehead atoms. The highest BCUT2D eigenvalue weighted by molar-refractivity contribution is 9.10. The lowest BCUT2D eigenvalue weighted by molar-refractivity contribution is 0.106. The van der Waals surface area contributed by atoms with Gasteiger partial charge in [0.2, 0.25) is 0 Å². The molecule has 2 rings (SSSR count). The van der Waals surface area contributed by atoms with Crippen LogP contribution in [-0.4, -0.2) is 34.3 Å². The first-order valence-corrected chi connectivity index (χ1v) is 6.79. The molecule has 1 aromatic rings. The maximum atomic E-state index is 10.0. The number of rotatable bonds is 2. The van der Waals surface area contributed by atoms with Gasteiger partial charge >= 0.3 is 0 Å². The standard InChI is InChI=1S/C12H18BrN3O/c1-8-14-11(13)7-12(15-8)16(2)9-5-3-4-6-10(9)17/h7,9-10,17H,3-6H2,1-2H3. The lowest BCUT2D eigenvalue weighted by atomic mass is 9.91. The van der Waals surface area contributed by atoms with Crippen molar-refractivity contribution in [1.82, 2.24) is 9.97 Å². The van der Waals surface area contributed by atoms with Crippen LogP contribution in [0.2, 0.25) is 0 Å². The molecule has 0 aromatic carbocycles. The number of likely N-dealkylation sites (N-methyl/N-ethyl adjacent to an activating group) is 1. The zero-order valence-electron chi connectivity index (χ0n) is 10.2. The first kappa shape index (κ1) is 12.8. The number of hydrogen-bond acceptors (Lipinski definition) is 4. The van der Waals surface area contributed by atoms with Crippen LogP contribution >= 0.6 is 15.9 Å². The summed E-state index contributed by atoms with van der Waals surface area (Å²) >= 11 is 3.38. The number of aliphatic hydroxyl groups is 1. The predicted molar refractivity (Wildman–Crippen MR) is 71.1 cm³/mol. The van der Waals surface area contributed by atoms with Crippen molar-refractivity contribution < 1.29 is 5.11 Å². The molecule has 2 atom stereocenters. The fourth-order valence-electron chi connectivity index (χ4n) is 2.41. The molecule has 1 aliphatic carbocycles. The zero-order valence-corrected chi connectivity index (χ0v) is 11.8. The van der Waals surface area contributed by atoms with Gasteiger partial charge in [-0.1, -0.05) is 12.8 Å². The summed E-state index contributed by atoms with van der Waals surface area (Å²) in [5.74, 6) is 1.61. The molecule has 1 aromatic heterocycles. The number of hydrogen-bond donors (Lipinski definition) is 1. The first-order chi connectivity index (χ1) is 8.08. The molecule has 5 heteroatoms. The minimum Gasteiger partial charge on any atom is -0.391 e. The van der Waals surface area contributed by atoms with Crippen molar-refractivity contribution in [3.05, 3.63) is 16.5 Å². The summed E-state index contributed by atoms with van der Waals surface area (Å²) in [6, 6.07) is 2.07. The van der Waals surface area contributed by atoms with Crippen molar-refractivity contribution in [2.75, 3.05) is 11.9 Å². The molecule has 4 nitrogen and oxygen atoms in total. The Kier molecular flexibility index (Phi) is 3.99. The van der Waals surface area contributed by atoms with E-state index in [0.717, 1.165) is 35.5 Å². The third kappa shape index (κ3) is 2.96. The van der Waals surface area contributed by atoms with Crippen LogP contribution in [0.4, 0.5) is 5.82 Å². The smallest absolute Gasteiger partial charge is 0.133 e. The Labute approximate surface area is 110 Å². The Morgan fingerprint density at radius 2 is 2.06 bits per heavy atom. The van der Waals surface area contributed by atoms with E-state index in [0.29, 0.717) is 0 Å². The van der Waals surface area contributed by atoms with Crippen molar-refractivity contribution in [2.24, 2.45) is 0 Å². The third-order valence-corrected chi connectivity index (χ3v) is 3.75. The summed E-state index contributed by atoms with van der Waals surface area (Å²) in [6.45, 7) is 1.87. The Morgan fingerprint density at radius 3 is 2.71 bits per heavy atom. The van der Waals surface area contributed by atoms with Gasteiger partial charge in [0.15, 0.2) is 0 Å². The van der Waals surface area contributed by atoms with E-state index in [9.17, 15) is 5.11 Å². The molecule has 17 heavy (non-hydrogen) atoms. The van der Waals surface area contributed by atoms with E-state index >= 15 is 0 Å². The number of aromatic nitrogens is 2. The van der Waals surface area contributed by atoms with Crippen molar-refractivity contribution in [3.63, 3.8) is 0 Å². The van der Waals surface area contributed by atoms with Gasteiger partial charge in [0.25, 0.3) is 0 Å². The van der Waals surface area contributed by atoms with Gasteiger partial charge in [-0.05, 0) is 35.7 Å². The van der Waals surface area contributed by atoms with Crippen molar-refractivity contribution in [2.45, 2.75) is 44.8 Å². The first-order valence-electron chi connectivity index (χ1n) is 6.00. The number of aliphatic hydroxyl groups excluding tert-OH is 1. The molecule has 1 saturated carbocycles. The van der Waals surface area contributed by atoms with Gasteiger partial charge in [-0.3, -0.25) is 0 Å². The van der Waals surface area contributed by atoms with E-state index in [1.165, 1.54) is 6.42 Å². The summed E-state index contributed by atoms with van der Waals surface area (Å²) in [5.41, 5.74) is 0. The molecule has 2 unspecified atom stereocenters. The van der Waals surface area contributed by atoms with E-state index in [-0.39, 0.29) is 12.1 Å². The molecule has 1 N–H and O–H groups in total. The maximum absolute atomic E-state index is 10.0. The van der Waals surface area contributed by atoms with Crippen LogP contribution in [0.15, 0.2) is 10.7 Å². The molecular formula is C12H18BrN3O. The second-order valence-electron chi connectivity index (χ2n) is 4.63. The molecule has 0 amide bonds. The fourth-order valence-corrected chi connectivity index (χ4v) is 2.87. The maximum Gasteiger partial charge on any atom is 0.133 e. The number of anilines is 1. The summed E-state index contributed by atoms with van der Waals surface area (Å²) in [7, 11) is 1.99. The van der Waals surface area contributed by atoms with Gasteiger partial charge in [0, 0.05) is 13.1 Å². The third-order valence-electron chi connectivity index (χ3n) is 3.35. The quantitative estimate of drug-likeness (QED) is 0.851. The Bertz CT molecular complexity index is 379. The van der Waals surface area contributed by atoms with E-state index in [4.69, 9.17) is 0 Å².